The highest BCUT2D eigenvalue weighted by Gasteiger charge is 2.27. The van der Waals surface area contributed by atoms with Gasteiger partial charge in [-0.05, 0) is 57.0 Å². The van der Waals surface area contributed by atoms with Crippen molar-refractivity contribution in [2.75, 3.05) is 24.5 Å². The second-order valence-corrected chi connectivity index (χ2v) is 6.52. The van der Waals surface area contributed by atoms with Crippen LogP contribution in [0.5, 0.6) is 0 Å². The number of nitrogens with zero attached hydrogens (tertiary/aromatic N) is 1. The van der Waals surface area contributed by atoms with Gasteiger partial charge < -0.3 is 10.2 Å². The molecule has 1 aliphatic heterocycles. The summed E-state index contributed by atoms with van der Waals surface area (Å²) in [5, 5.41) is 3.68. The predicted octanol–water partition coefficient (Wildman–Crippen LogP) is 3.73. The summed E-state index contributed by atoms with van der Waals surface area (Å²) >= 11 is 3.60. The summed E-state index contributed by atoms with van der Waals surface area (Å²) in [4.78, 5) is 2.52. The Kier molecular flexibility index (Phi) is 4.33. The Morgan fingerprint density at radius 3 is 2.83 bits per heavy atom. The normalized spacial score (nSPS) is 25.0. The zero-order valence-electron chi connectivity index (χ0n) is 11.6. The Morgan fingerprint density at radius 1 is 1.39 bits per heavy atom. The molecule has 0 spiro atoms. The molecule has 1 heterocycles. The van der Waals surface area contributed by atoms with Crippen molar-refractivity contribution in [3.8, 4) is 0 Å². The monoisotopic (exact) mass is 310 g/mol. The number of benzene rings is 1. The molecule has 1 aliphatic rings. The quantitative estimate of drug-likeness (QED) is 0.895. The van der Waals surface area contributed by atoms with Gasteiger partial charge in [0.05, 0.1) is 0 Å². The Hall–Kier alpha value is -0.540. The van der Waals surface area contributed by atoms with Crippen molar-refractivity contribution in [1.29, 1.82) is 0 Å². The van der Waals surface area contributed by atoms with Crippen LogP contribution in [0.15, 0.2) is 22.7 Å². The maximum Gasteiger partial charge on any atom is 0.0380 e. The molecule has 3 heteroatoms. The van der Waals surface area contributed by atoms with E-state index in [4.69, 9.17) is 0 Å². The number of hydrogen-bond donors (Lipinski definition) is 1. The Labute approximate surface area is 119 Å². The maximum absolute atomic E-state index is 3.68. The SMILES string of the molecule is CCC1(C)CN(c2cc(C)cc(Br)c2)CCCN1. The summed E-state index contributed by atoms with van der Waals surface area (Å²) in [6, 6.07) is 6.68. The van der Waals surface area contributed by atoms with Crippen LogP contribution >= 0.6 is 15.9 Å². The van der Waals surface area contributed by atoms with Crippen molar-refractivity contribution in [2.45, 2.75) is 39.2 Å². The first-order chi connectivity index (χ1) is 8.52. The molecule has 0 radical (unpaired) electrons. The number of anilines is 1. The molecule has 2 nitrogen and oxygen atoms in total. The topological polar surface area (TPSA) is 15.3 Å². The molecule has 1 fully saturated rings. The number of halogens is 1. The first kappa shape index (κ1) is 13.9. The van der Waals surface area contributed by atoms with Crippen LogP contribution in [0.1, 0.15) is 32.3 Å². The summed E-state index contributed by atoms with van der Waals surface area (Å²) < 4.78 is 1.17. The molecule has 1 saturated heterocycles. The molecule has 0 saturated carbocycles. The van der Waals surface area contributed by atoms with Gasteiger partial charge in [-0.2, -0.15) is 0 Å². The zero-order valence-corrected chi connectivity index (χ0v) is 13.2. The molecule has 0 bridgehead atoms. The Bertz CT molecular complexity index is 399. The third kappa shape index (κ3) is 3.27. The summed E-state index contributed by atoms with van der Waals surface area (Å²) in [5.41, 5.74) is 2.88. The van der Waals surface area contributed by atoms with E-state index in [1.807, 2.05) is 0 Å². The van der Waals surface area contributed by atoms with Crippen LogP contribution < -0.4 is 10.2 Å². The molecule has 1 atom stereocenters. The molecular formula is C15H23BrN2. The fourth-order valence-corrected chi connectivity index (χ4v) is 3.17. The third-order valence-corrected chi connectivity index (χ3v) is 4.33. The minimum absolute atomic E-state index is 0.229. The molecule has 1 aromatic carbocycles. The van der Waals surface area contributed by atoms with Crippen LogP contribution in [0, 0.1) is 6.92 Å². The highest BCUT2D eigenvalue weighted by atomic mass is 79.9. The Morgan fingerprint density at radius 2 is 2.17 bits per heavy atom. The van der Waals surface area contributed by atoms with Gasteiger partial charge in [-0.3, -0.25) is 0 Å². The van der Waals surface area contributed by atoms with Crippen molar-refractivity contribution < 1.29 is 0 Å². The van der Waals surface area contributed by atoms with Gasteiger partial charge in [-0.25, -0.2) is 0 Å². The zero-order chi connectivity index (χ0) is 13.2. The molecule has 0 aromatic heterocycles. The lowest BCUT2D eigenvalue weighted by molar-refractivity contribution is 0.366. The molecule has 100 valence electrons. The maximum atomic E-state index is 3.68. The van der Waals surface area contributed by atoms with Crippen molar-refractivity contribution in [3.63, 3.8) is 0 Å². The second-order valence-electron chi connectivity index (χ2n) is 5.60. The molecule has 0 aliphatic carbocycles. The highest BCUT2D eigenvalue weighted by Crippen LogP contribution is 2.26. The van der Waals surface area contributed by atoms with Gasteiger partial charge in [0.15, 0.2) is 0 Å². The molecular weight excluding hydrogens is 288 g/mol. The number of hydrogen-bond acceptors (Lipinski definition) is 2. The van der Waals surface area contributed by atoms with Gasteiger partial charge in [-0.1, -0.05) is 22.9 Å². The molecule has 2 rings (SSSR count). The van der Waals surface area contributed by atoms with Crippen molar-refractivity contribution in [3.05, 3.63) is 28.2 Å². The molecule has 18 heavy (non-hydrogen) atoms. The van der Waals surface area contributed by atoms with E-state index in [1.165, 1.54) is 22.1 Å². The fourth-order valence-electron chi connectivity index (χ4n) is 2.57. The lowest BCUT2D eigenvalue weighted by atomic mass is 9.98. The first-order valence-electron chi connectivity index (χ1n) is 6.79. The van der Waals surface area contributed by atoms with E-state index in [0.717, 1.165) is 26.1 Å². The van der Waals surface area contributed by atoms with Crippen molar-refractivity contribution >= 4 is 21.6 Å². The van der Waals surface area contributed by atoms with Crippen LogP contribution in [0.25, 0.3) is 0 Å². The minimum atomic E-state index is 0.229. The highest BCUT2D eigenvalue weighted by molar-refractivity contribution is 9.10. The smallest absolute Gasteiger partial charge is 0.0380 e. The molecule has 1 N–H and O–H groups in total. The number of rotatable bonds is 2. The van der Waals surface area contributed by atoms with Gasteiger partial charge in [0.2, 0.25) is 0 Å². The predicted molar refractivity (Wildman–Crippen MR) is 82.4 cm³/mol. The standard InChI is InChI=1S/C15H23BrN2/c1-4-15(3)11-18(7-5-6-17-15)14-9-12(2)8-13(16)10-14/h8-10,17H,4-7,11H2,1-3H3. The van der Waals surface area contributed by atoms with E-state index in [1.54, 1.807) is 0 Å². The lowest BCUT2D eigenvalue weighted by Gasteiger charge is -2.34. The van der Waals surface area contributed by atoms with Crippen LogP contribution in [-0.4, -0.2) is 25.2 Å². The summed E-state index contributed by atoms with van der Waals surface area (Å²) in [6.07, 6.45) is 2.37. The van der Waals surface area contributed by atoms with Crippen molar-refractivity contribution in [1.82, 2.24) is 5.32 Å². The number of nitrogens with one attached hydrogen (secondary N) is 1. The van der Waals surface area contributed by atoms with Gasteiger partial charge >= 0.3 is 0 Å². The van der Waals surface area contributed by atoms with E-state index in [0.29, 0.717) is 0 Å². The van der Waals surface area contributed by atoms with E-state index >= 15 is 0 Å². The minimum Gasteiger partial charge on any atom is -0.370 e. The molecule has 1 aromatic rings. The van der Waals surface area contributed by atoms with Crippen LogP contribution in [0.3, 0.4) is 0 Å². The van der Waals surface area contributed by atoms with E-state index in [9.17, 15) is 0 Å². The van der Waals surface area contributed by atoms with Crippen LogP contribution in [-0.2, 0) is 0 Å². The summed E-state index contributed by atoms with van der Waals surface area (Å²) in [6.45, 7) is 10.1. The average molecular weight is 311 g/mol. The van der Waals surface area contributed by atoms with Gasteiger partial charge in [0.25, 0.3) is 0 Å². The summed E-state index contributed by atoms with van der Waals surface area (Å²) in [5.74, 6) is 0. The van der Waals surface area contributed by atoms with E-state index < -0.39 is 0 Å². The van der Waals surface area contributed by atoms with E-state index in [-0.39, 0.29) is 5.54 Å². The van der Waals surface area contributed by atoms with Crippen LogP contribution in [0.4, 0.5) is 5.69 Å². The van der Waals surface area contributed by atoms with Gasteiger partial charge in [-0.15, -0.1) is 0 Å². The first-order valence-corrected chi connectivity index (χ1v) is 7.59. The van der Waals surface area contributed by atoms with E-state index in [2.05, 4.69) is 65.1 Å². The largest absolute Gasteiger partial charge is 0.370 e. The second kappa shape index (κ2) is 5.62. The average Bonchev–Trinajstić information content (AvgIpc) is 2.51. The molecule has 1 unspecified atom stereocenters. The lowest BCUT2D eigenvalue weighted by Crippen LogP contribution is -2.48. The van der Waals surface area contributed by atoms with Crippen LogP contribution in [0.2, 0.25) is 0 Å². The number of aryl methyl sites for hydroxylation is 1. The van der Waals surface area contributed by atoms with Gasteiger partial charge in [0.1, 0.15) is 0 Å². The molecule has 0 amide bonds. The van der Waals surface area contributed by atoms with Gasteiger partial charge in [0, 0.05) is 28.8 Å². The summed E-state index contributed by atoms with van der Waals surface area (Å²) in [7, 11) is 0. The third-order valence-electron chi connectivity index (χ3n) is 3.87. The van der Waals surface area contributed by atoms with Crippen molar-refractivity contribution in [2.24, 2.45) is 0 Å². The fraction of sp³-hybridized carbons (Fsp3) is 0.600. The Balaban J connectivity index is 2.25.